The van der Waals surface area contributed by atoms with E-state index in [1.165, 1.54) is 18.4 Å². The van der Waals surface area contributed by atoms with Crippen LogP contribution < -0.4 is 15.4 Å². The second-order valence-corrected chi connectivity index (χ2v) is 8.35. The highest BCUT2D eigenvalue weighted by Gasteiger charge is 2.36. The molecule has 1 aliphatic carbocycles. The molecule has 7 nitrogen and oxygen atoms in total. The highest BCUT2D eigenvalue weighted by atomic mass is 35.5. The van der Waals surface area contributed by atoms with Crippen molar-refractivity contribution in [2.75, 3.05) is 26.7 Å². The molecule has 0 spiro atoms. The summed E-state index contributed by atoms with van der Waals surface area (Å²) >= 11 is 0. The van der Waals surface area contributed by atoms with Gasteiger partial charge in [0.05, 0.1) is 18.8 Å². The van der Waals surface area contributed by atoms with E-state index in [9.17, 15) is 4.79 Å². The molecule has 2 heterocycles. The molecule has 0 bridgehead atoms. The van der Waals surface area contributed by atoms with Crippen LogP contribution in [0.3, 0.4) is 0 Å². The van der Waals surface area contributed by atoms with Gasteiger partial charge in [-0.15, -0.1) is 17.5 Å². The van der Waals surface area contributed by atoms with Gasteiger partial charge in [0.2, 0.25) is 0 Å². The van der Waals surface area contributed by atoms with Crippen LogP contribution in [0.5, 0.6) is 5.75 Å². The van der Waals surface area contributed by atoms with Crippen LogP contribution in [0.4, 0.5) is 0 Å². The molecule has 2 fully saturated rings. The Morgan fingerprint density at radius 3 is 2.73 bits per heavy atom. The Balaban J connectivity index is 0.00000256. The monoisotopic (exact) mass is 433 g/mol. The Kier molecular flexibility index (Phi) is 7.36. The number of halogens is 1. The summed E-state index contributed by atoms with van der Waals surface area (Å²) in [6, 6.07) is 8.58. The van der Waals surface area contributed by atoms with Gasteiger partial charge in [-0.1, -0.05) is 30.2 Å². The summed E-state index contributed by atoms with van der Waals surface area (Å²) in [7, 11) is 1.69. The molecule has 2 N–H and O–H groups in total. The lowest BCUT2D eigenvalue weighted by atomic mass is 9.78. The number of hydrogen-bond donors (Lipinski definition) is 2. The maximum Gasteiger partial charge on any atom is 0.273 e. The van der Waals surface area contributed by atoms with Crippen LogP contribution in [-0.2, 0) is 5.41 Å². The Morgan fingerprint density at radius 1 is 1.30 bits per heavy atom. The van der Waals surface area contributed by atoms with Gasteiger partial charge < -0.3 is 15.4 Å². The molecule has 1 amide bonds. The molecule has 1 saturated heterocycles. The van der Waals surface area contributed by atoms with Crippen molar-refractivity contribution >= 4 is 18.3 Å². The number of hydrogen-bond acceptors (Lipinski definition) is 5. The number of methoxy groups -OCH3 is 1. The minimum absolute atomic E-state index is 0. The van der Waals surface area contributed by atoms with Gasteiger partial charge in [0.1, 0.15) is 5.75 Å². The molecule has 2 aliphatic rings. The summed E-state index contributed by atoms with van der Waals surface area (Å²) in [6.45, 7) is 4.52. The minimum Gasteiger partial charge on any atom is -0.497 e. The molecule has 0 atom stereocenters. The number of piperidine rings is 1. The lowest BCUT2D eigenvalue weighted by Gasteiger charge is -2.30. The number of ether oxygens (including phenoxy) is 1. The highest BCUT2D eigenvalue weighted by molar-refractivity contribution is 5.93. The summed E-state index contributed by atoms with van der Waals surface area (Å²) in [5.74, 6) is 0.734. The van der Waals surface area contributed by atoms with Crippen LogP contribution in [0.25, 0.3) is 0 Å². The third-order valence-electron chi connectivity index (χ3n) is 6.63. The number of benzene rings is 1. The number of rotatable bonds is 6. The fraction of sp³-hybridized carbons (Fsp3) is 0.591. The maximum absolute atomic E-state index is 13.0. The molecule has 1 saturated carbocycles. The standard InChI is InChI=1S/C22H31N5O2.ClH/c1-16-20(25-26-27(16)18-8-12-23-13-9-18)21(28)24-15-22(10-3-4-11-22)17-6-5-7-19(14-17)29-2;/h5-7,14,18,23H,3-4,8-13,15H2,1-2H3,(H,24,28);1H. The van der Waals surface area contributed by atoms with E-state index in [-0.39, 0.29) is 23.7 Å². The predicted molar refractivity (Wildman–Crippen MR) is 119 cm³/mol. The predicted octanol–water partition coefficient (Wildman–Crippen LogP) is 3.18. The smallest absolute Gasteiger partial charge is 0.273 e. The van der Waals surface area contributed by atoms with Crippen LogP contribution in [0, 0.1) is 6.92 Å². The zero-order chi connectivity index (χ0) is 20.3. The van der Waals surface area contributed by atoms with Crippen LogP contribution in [-0.4, -0.2) is 47.6 Å². The summed E-state index contributed by atoms with van der Waals surface area (Å²) in [6.07, 6.45) is 6.53. The van der Waals surface area contributed by atoms with Crippen LogP contribution in [0.2, 0.25) is 0 Å². The SMILES string of the molecule is COc1cccc(C2(CNC(=O)c3nnn(C4CCNCC4)c3C)CCCC2)c1.Cl. The highest BCUT2D eigenvalue weighted by Crippen LogP contribution is 2.41. The lowest BCUT2D eigenvalue weighted by molar-refractivity contribution is 0.0937. The van der Waals surface area contributed by atoms with E-state index in [0.717, 1.165) is 50.2 Å². The van der Waals surface area contributed by atoms with Gasteiger partial charge in [0, 0.05) is 12.0 Å². The van der Waals surface area contributed by atoms with Gasteiger partial charge in [-0.25, -0.2) is 4.68 Å². The average Bonchev–Trinajstić information content (AvgIpc) is 3.40. The first-order valence-corrected chi connectivity index (χ1v) is 10.7. The van der Waals surface area contributed by atoms with Gasteiger partial charge in [0.25, 0.3) is 5.91 Å². The average molecular weight is 434 g/mol. The number of amides is 1. The van der Waals surface area contributed by atoms with Gasteiger partial charge in [-0.05, 0) is 63.4 Å². The third kappa shape index (κ3) is 4.47. The molecule has 1 aromatic carbocycles. The number of carbonyl (C=O) groups is 1. The minimum atomic E-state index is -0.128. The number of aromatic nitrogens is 3. The summed E-state index contributed by atoms with van der Waals surface area (Å²) < 4.78 is 7.35. The van der Waals surface area contributed by atoms with Crippen LogP contribution >= 0.6 is 12.4 Å². The van der Waals surface area contributed by atoms with Crippen molar-refractivity contribution < 1.29 is 9.53 Å². The topological polar surface area (TPSA) is 81.1 Å². The van der Waals surface area contributed by atoms with Crippen molar-refractivity contribution in [3.8, 4) is 5.75 Å². The van der Waals surface area contributed by atoms with Crippen LogP contribution in [0.15, 0.2) is 24.3 Å². The van der Waals surface area contributed by atoms with E-state index < -0.39 is 0 Å². The largest absolute Gasteiger partial charge is 0.497 e. The zero-order valence-corrected chi connectivity index (χ0v) is 18.6. The molecule has 0 unspecified atom stereocenters. The second kappa shape index (κ2) is 9.79. The Bertz CT molecular complexity index is 857. The van der Waals surface area contributed by atoms with Crippen molar-refractivity contribution in [2.24, 2.45) is 0 Å². The van der Waals surface area contributed by atoms with Crippen molar-refractivity contribution in [2.45, 2.75) is 56.9 Å². The molecule has 30 heavy (non-hydrogen) atoms. The molecule has 164 valence electrons. The number of nitrogens with zero attached hydrogens (tertiary/aromatic N) is 3. The molecule has 8 heteroatoms. The van der Waals surface area contributed by atoms with E-state index in [1.807, 2.05) is 23.7 Å². The van der Waals surface area contributed by atoms with Crippen molar-refractivity contribution in [3.63, 3.8) is 0 Å². The van der Waals surface area contributed by atoms with E-state index in [4.69, 9.17) is 4.74 Å². The Labute approximate surface area is 184 Å². The molecular formula is C22H32ClN5O2. The Morgan fingerprint density at radius 2 is 2.03 bits per heavy atom. The third-order valence-corrected chi connectivity index (χ3v) is 6.63. The zero-order valence-electron chi connectivity index (χ0n) is 17.8. The van der Waals surface area contributed by atoms with E-state index >= 15 is 0 Å². The van der Waals surface area contributed by atoms with E-state index in [0.29, 0.717) is 18.3 Å². The lowest BCUT2D eigenvalue weighted by Crippen LogP contribution is -2.39. The van der Waals surface area contributed by atoms with Gasteiger partial charge in [-0.3, -0.25) is 4.79 Å². The van der Waals surface area contributed by atoms with Crippen molar-refractivity contribution in [3.05, 3.63) is 41.2 Å². The van der Waals surface area contributed by atoms with Gasteiger partial charge >= 0.3 is 0 Å². The first-order chi connectivity index (χ1) is 14.1. The van der Waals surface area contributed by atoms with E-state index in [1.54, 1.807) is 7.11 Å². The normalized spacial score (nSPS) is 18.6. The van der Waals surface area contributed by atoms with Crippen LogP contribution in [0.1, 0.15) is 66.3 Å². The Hall–Kier alpha value is -2.12. The second-order valence-electron chi connectivity index (χ2n) is 8.35. The molecule has 1 aliphatic heterocycles. The molecule has 2 aromatic rings. The quantitative estimate of drug-likeness (QED) is 0.731. The fourth-order valence-electron chi connectivity index (χ4n) is 4.85. The molecular weight excluding hydrogens is 402 g/mol. The summed E-state index contributed by atoms with van der Waals surface area (Å²) in [4.78, 5) is 13.0. The maximum atomic E-state index is 13.0. The number of carbonyl (C=O) groups excluding carboxylic acids is 1. The van der Waals surface area contributed by atoms with Crippen molar-refractivity contribution in [1.29, 1.82) is 0 Å². The summed E-state index contributed by atoms with van der Waals surface area (Å²) in [5.41, 5.74) is 2.51. The fourth-order valence-corrected chi connectivity index (χ4v) is 4.85. The molecule has 4 rings (SSSR count). The summed E-state index contributed by atoms with van der Waals surface area (Å²) in [5, 5.41) is 15.0. The molecule has 0 radical (unpaired) electrons. The van der Waals surface area contributed by atoms with E-state index in [2.05, 4.69) is 33.1 Å². The number of nitrogens with one attached hydrogen (secondary N) is 2. The first-order valence-electron chi connectivity index (χ1n) is 10.7. The molecule has 1 aromatic heterocycles. The van der Waals surface area contributed by atoms with Crippen molar-refractivity contribution in [1.82, 2.24) is 25.6 Å². The first kappa shape index (κ1) is 22.6. The van der Waals surface area contributed by atoms with Gasteiger partial charge in [0.15, 0.2) is 5.69 Å². The van der Waals surface area contributed by atoms with Gasteiger partial charge in [-0.2, -0.15) is 0 Å².